The van der Waals surface area contributed by atoms with Crippen LogP contribution in [0.2, 0.25) is 0 Å². The molecule has 1 rings (SSSR count). The maximum absolute atomic E-state index is 11.2. The molecule has 1 aliphatic heterocycles. The third kappa shape index (κ3) is 2.65. The van der Waals surface area contributed by atoms with Gasteiger partial charge in [0.25, 0.3) is 0 Å². The highest BCUT2D eigenvalue weighted by Crippen LogP contribution is 2.11. The normalized spacial score (nSPS) is 27.5. The van der Waals surface area contributed by atoms with Crippen molar-refractivity contribution in [1.29, 1.82) is 0 Å². The summed E-state index contributed by atoms with van der Waals surface area (Å²) in [6, 6.07) is 0.00685. The Kier molecular flexibility index (Phi) is 4.14. The maximum atomic E-state index is 11.2. The Morgan fingerprint density at radius 2 is 2.38 bits per heavy atom. The van der Waals surface area contributed by atoms with Crippen molar-refractivity contribution in [2.24, 2.45) is 0 Å². The Labute approximate surface area is 77.3 Å². The summed E-state index contributed by atoms with van der Waals surface area (Å²) in [6.45, 7) is 1.00. The summed E-state index contributed by atoms with van der Waals surface area (Å²) in [6.07, 6.45) is 0.260. The molecule has 1 fully saturated rings. The van der Waals surface area contributed by atoms with Gasteiger partial charge in [0.15, 0.2) is 6.10 Å². The van der Waals surface area contributed by atoms with E-state index in [0.717, 1.165) is 6.42 Å². The average Bonchev–Trinajstić information content (AvgIpc) is 2.61. The quantitative estimate of drug-likeness (QED) is 0.605. The zero-order valence-electron chi connectivity index (χ0n) is 7.91. The molecule has 0 aromatic carbocycles. The highest BCUT2D eigenvalue weighted by molar-refractivity contribution is 5.75. The predicted molar refractivity (Wildman–Crippen MR) is 45.2 cm³/mol. The van der Waals surface area contributed by atoms with Gasteiger partial charge in [-0.2, -0.15) is 0 Å². The summed E-state index contributed by atoms with van der Waals surface area (Å²) in [7, 11) is 2.99. The fourth-order valence-electron chi connectivity index (χ4n) is 1.31. The second-order valence-electron chi connectivity index (χ2n) is 2.85. The minimum atomic E-state index is -0.486. The molecule has 0 aliphatic carbocycles. The first kappa shape index (κ1) is 10.4. The number of carbonyl (C=O) groups excluding carboxylic acids is 1. The lowest BCUT2D eigenvalue weighted by Crippen LogP contribution is -2.37. The van der Waals surface area contributed by atoms with Gasteiger partial charge in [-0.05, 0) is 6.42 Å². The summed E-state index contributed by atoms with van der Waals surface area (Å²) < 4.78 is 14.7. The lowest BCUT2D eigenvalue weighted by molar-refractivity contribution is -0.151. The smallest absolute Gasteiger partial charge is 0.336 e. The van der Waals surface area contributed by atoms with Crippen molar-refractivity contribution < 1.29 is 19.0 Å². The lowest BCUT2D eigenvalue weighted by atomic mass is 10.1. The van der Waals surface area contributed by atoms with Gasteiger partial charge < -0.3 is 14.2 Å². The molecule has 1 saturated heterocycles. The van der Waals surface area contributed by atoms with Crippen LogP contribution in [0.4, 0.5) is 0 Å². The van der Waals surface area contributed by atoms with Crippen LogP contribution in [-0.4, -0.2) is 45.7 Å². The van der Waals surface area contributed by atoms with Crippen LogP contribution in [0.1, 0.15) is 6.42 Å². The summed E-state index contributed by atoms with van der Waals surface area (Å²) in [5, 5.41) is 3.05. The molecule has 2 unspecified atom stereocenters. The third-order valence-electron chi connectivity index (χ3n) is 2.04. The fraction of sp³-hybridized carbons (Fsp3) is 0.875. The van der Waals surface area contributed by atoms with Gasteiger partial charge in [-0.1, -0.05) is 0 Å². The van der Waals surface area contributed by atoms with E-state index in [2.05, 4.69) is 10.1 Å². The Morgan fingerprint density at radius 3 is 3.00 bits per heavy atom. The molecule has 13 heavy (non-hydrogen) atoms. The SMILES string of the molecule is COCCC1NCOC1C(=O)OC. The van der Waals surface area contributed by atoms with E-state index in [1.807, 2.05) is 0 Å². The van der Waals surface area contributed by atoms with Crippen LogP contribution in [0.15, 0.2) is 0 Å². The van der Waals surface area contributed by atoms with Crippen LogP contribution in [0.5, 0.6) is 0 Å². The van der Waals surface area contributed by atoms with E-state index < -0.39 is 6.10 Å². The first-order valence-electron chi connectivity index (χ1n) is 4.21. The monoisotopic (exact) mass is 189 g/mol. The Hall–Kier alpha value is -0.650. The molecule has 1 aliphatic rings. The molecule has 1 N–H and O–H groups in total. The number of hydrogen-bond acceptors (Lipinski definition) is 5. The predicted octanol–water partition coefficient (Wildman–Crippen LogP) is -0.490. The number of hydrogen-bond donors (Lipinski definition) is 1. The summed E-state index contributed by atoms with van der Waals surface area (Å²) >= 11 is 0. The molecule has 0 aromatic heterocycles. The van der Waals surface area contributed by atoms with Crippen molar-refractivity contribution in [2.75, 3.05) is 27.6 Å². The van der Waals surface area contributed by atoms with Crippen LogP contribution < -0.4 is 5.32 Å². The molecule has 76 valence electrons. The second-order valence-corrected chi connectivity index (χ2v) is 2.85. The number of nitrogens with one attached hydrogen (secondary N) is 1. The van der Waals surface area contributed by atoms with Crippen molar-refractivity contribution in [3.05, 3.63) is 0 Å². The molecule has 0 spiro atoms. The molecule has 0 saturated carbocycles. The van der Waals surface area contributed by atoms with Gasteiger partial charge in [0.05, 0.1) is 13.8 Å². The molecule has 0 radical (unpaired) electrons. The topological polar surface area (TPSA) is 56.8 Å². The maximum Gasteiger partial charge on any atom is 0.336 e. The van der Waals surface area contributed by atoms with Crippen LogP contribution in [0, 0.1) is 0 Å². The van der Waals surface area contributed by atoms with E-state index in [4.69, 9.17) is 9.47 Å². The van der Waals surface area contributed by atoms with E-state index in [9.17, 15) is 4.79 Å². The average molecular weight is 189 g/mol. The molecule has 5 heteroatoms. The molecule has 2 atom stereocenters. The molecular weight excluding hydrogens is 174 g/mol. The van der Waals surface area contributed by atoms with E-state index in [-0.39, 0.29) is 12.0 Å². The van der Waals surface area contributed by atoms with Crippen molar-refractivity contribution in [3.63, 3.8) is 0 Å². The number of esters is 1. The molecule has 0 amide bonds. The number of methoxy groups -OCH3 is 2. The van der Waals surface area contributed by atoms with Gasteiger partial charge in [-0.15, -0.1) is 0 Å². The van der Waals surface area contributed by atoms with Crippen molar-refractivity contribution in [1.82, 2.24) is 5.32 Å². The minimum absolute atomic E-state index is 0.00685. The Balaban J connectivity index is 2.39. The van der Waals surface area contributed by atoms with Gasteiger partial charge in [-0.3, -0.25) is 5.32 Å². The van der Waals surface area contributed by atoms with Crippen molar-refractivity contribution in [2.45, 2.75) is 18.6 Å². The van der Waals surface area contributed by atoms with Crippen LogP contribution in [-0.2, 0) is 19.0 Å². The van der Waals surface area contributed by atoms with Gasteiger partial charge in [0.1, 0.15) is 0 Å². The van der Waals surface area contributed by atoms with Crippen LogP contribution in [0.25, 0.3) is 0 Å². The number of carbonyl (C=O) groups is 1. The summed E-state index contributed by atoms with van der Waals surface area (Å²) in [5.74, 6) is -0.328. The first-order chi connectivity index (χ1) is 6.29. The summed E-state index contributed by atoms with van der Waals surface area (Å²) in [5.41, 5.74) is 0. The third-order valence-corrected chi connectivity index (χ3v) is 2.04. The van der Waals surface area contributed by atoms with E-state index in [1.54, 1.807) is 7.11 Å². The van der Waals surface area contributed by atoms with Gasteiger partial charge in [0.2, 0.25) is 0 Å². The molecule has 0 aromatic rings. The highest BCUT2D eigenvalue weighted by Gasteiger charge is 2.34. The first-order valence-corrected chi connectivity index (χ1v) is 4.21. The second kappa shape index (κ2) is 5.16. The Morgan fingerprint density at radius 1 is 1.62 bits per heavy atom. The fourth-order valence-corrected chi connectivity index (χ4v) is 1.31. The van der Waals surface area contributed by atoms with E-state index in [0.29, 0.717) is 13.3 Å². The van der Waals surface area contributed by atoms with Gasteiger partial charge in [0, 0.05) is 19.8 Å². The largest absolute Gasteiger partial charge is 0.467 e. The molecule has 1 heterocycles. The zero-order valence-corrected chi connectivity index (χ0v) is 7.91. The standard InChI is InChI=1S/C8H15NO4/c1-11-4-3-6-7(8(10)12-2)13-5-9-6/h6-7,9H,3-5H2,1-2H3. The molecule has 0 bridgehead atoms. The van der Waals surface area contributed by atoms with Crippen molar-refractivity contribution >= 4 is 5.97 Å². The zero-order chi connectivity index (χ0) is 9.68. The Bertz CT molecular complexity index is 174. The van der Waals surface area contributed by atoms with E-state index >= 15 is 0 Å². The highest BCUT2D eigenvalue weighted by atomic mass is 16.6. The van der Waals surface area contributed by atoms with E-state index in [1.165, 1.54) is 7.11 Å². The van der Waals surface area contributed by atoms with Gasteiger partial charge in [-0.25, -0.2) is 4.79 Å². The van der Waals surface area contributed by atoms with Crippen molar-refractivity contribution in [3.8, 4) is 0 Å². The minimum Gasteiger partial charge on any atom is -0.467 e. The van der Waals surface area contributed by atoms with Crippen LogP contribution >= 0.6 is 0 Å². The summed E-state index contributed by atoms with van der Waals surface area (Å²) in [4.78, 5) is 11.2. The molecule has 5 nitrogen and oxygen atoms in total. The molecular formula is C8H15NO4. The van der Waals surface area contributed by atoms with Crippen LogP contribution in [0.3, 0.4) is 0 Å². The number of rotatable bonds is 4. The lowest BCUT2D eigenvalue weighted by Gasteiger charge is -2.14. The number of ether oxygens (including phenoxy) is 3. The van der Waals surface area contributed by atoms with Gasteiger partial charge >= 0.3 is 5.97 Å².